The molecule has 0 atom stereocenters. The van der Waals surface area contributed by atoms with Crippen molar-refractivity contribution in [1.82, 2.24) is 4.90 Å². The van der Waals surface area contributed by atoms with Gasteiger partial charge in [0.05, 0.1) is 0 Å². The molecule has 0 saturated heterocycles. The number of hydrogen-bond acceptors (Lipinski definition) is 2. The van der Waals surface area contributed by atoms with Crippen LogP contribution in [0.15, 0.2) is 0 Å². The summed E-state index contributed by atoms with van der Waals surface area (Å²) in [5, 5.41) is 0. The normalized spacial score (nSPS) is 12.6. The van der Waals surface area contributed by atoms with E-state index < -0.39 is 0 Å². The van der Waals surface area contributed by atoms with E-state index in [1.807, 2.05) is 0 Å². The van der Waals surface area contributed by atoms with Crippen molar-refractivity contribution < 1.29 is 0 Å². The Morgan fingerprint density at radius 2 is 1.80 bits per heavy atom. The molecule has 62 valence electrons. The maximum atomic E-state index is 5.47. The average molecular weight is 144 g/mol. The van der Waals surface area contributed by atoms with Gasteiger partial charge >= 0.3 is 0 Å². The van der Waals surface area contributed by atoms with Crippen molar-refractivity contribution in [3.05, 3.63) is 0 Å². The predicted octanol–water partition coefficient (Wildman–Crippen LogP) is 0.923. The van der Waals surface area contributed by atoms with E-state index in [9.17, 15) is 0 Å². The van der Waals surface area contributed by atoms with Crippen LogP contribution in [0, 0.1) is 5.41 Å². The summed E-state index contributed by atoms with van der Waals surface area (Å²) in [6.07, 6.45) is 1.10. The molecular weight excluding hydrogens is 124 g/mol. The Bertz CT molecular complexity index is 87.3. The summed E-state index contributed by atoms with van der Waals surface area (Å²) in [6.45, 7) is 6.41. The average Bonchev–Trinajstić information content (AvgIpc) is 1.59. The third-order valence-electron chi connectivity index (χ3n) is 1.57. The first-order valence-corrected chi connectivity index (χ1v) is 3.83. The molecule has 0 unspecified atom stereocenters. The summed E-state index contributed by atoms with van der Waals surface area (Å²) < 4.78 is 0. The van der Waals surface area contributed by atoms with Gasteiger partial charge in [-0.1, -0.05) is 13.8 Å². The molecule has 0 aromatic rings. The standard InChI is InChI=1S/C8H20N2/c1-8(2,5-6-9)7-10(3)4/h5-7,9H2,1-4H3. The fourth-order valence-electron chi connectivity index (χ4n) is 1.33. The summed E-state index contributed by atoms with van der Waals surface area (Å²) in [5.41, 5.74) is 5.85. The van der Waals surface area contributed by atoms with E-state index in [1.54, 1.807) is 0 Å². The Hall–Kier alpha value is -0.0800. The lowest BCUT2D eigenvalue weighted by Crippen LogP contribution is -2.30. The van der Waals surface area contributed by atoms with Crippen LogP contribution in [0.5, 0.6) is 0 Å². The minimum Gasteiger partial charge on any atom is -0.330 e. The molecule has 0 aliphatic heterocycles. The van der Waals surface area contributed by atoms with E-state index in [0.717, 1.165) is 19.5 Å². The molecule has 0 aliphatic rings. The number of nitrogens with zero attached hydrogens (tertiary/aromatic N) is 1. The number of rotatable bonds is 4. The summed E-state index contributed by atoms with van der Waals surface area (Å²) in [4.78, 5) is 2.20. The Balaban J connectivity index is 3.63. The lowest BCUT2D eigenvalue weighted by Gasteiger charge is -2.27. The molecule has 0 spiro atoms. The molecule has 2 heteroatoms. The van der Waals surface area contributed by atoms with Crippen molar-refractivity contribution in [3.8, 4) is 0 Å². The van der Waals surface area contributed by atoms with Crippen LogP contribution >= 0.6 is 0 Å². The van der Waals surface area contributed by atoms with Crippen LogP contribution in [0.1, 0.15) is 20.3 Å². The van der Waals surface area contributed by atoms with Gasteiger partial charge in [-0.3, -0.25) is 0 Å². The Morgan fingerprint density at radius 3 is 2.10 bits per heavy atom. The first-order valence-electron chi connectivity index (χ1n) is 3.83. The monoisotopic (exact) mass is 144 g/mol. The fourth-order valence-corrected chi connectivity index (χ4v) is 1.33. The van der Waals surface area contributed by atoms with Crippen molar-refractivity contribution in [2.45, 2.75) is 20.3 Å². The minimum absolute atomic E-state index is 0.373. The number of hydrogen-bond donors (Lipinski definition) is 1. The van der Waals surface area contributed by atoms with Crippen LogP contribution in [-0.4, -0.2) is 32.1 Å². The van der Waals surface area contributed by atoms with E-state index in [2.05, 4.69) is 32.8 Å². The summed E-state index contributed by atoms with van der Waals surface area (Å²) in [6, 6.07) is 0. The highest BCUT2D eigenvalue weighted by atomic mass is 15.1. The van der Waals surface area contributed by atoms with E-state index in [-0.39, 0.29) is 0 Å². The molecule has 0 aliphatic carbocycles. The van der Waals surface area contributed by atoms with Crippen LogP contribution in [-0.2, 0) is 0 Å². The zero-order valence-corrected chi connectivity index (χ0v) is 7.65. The molecule has 0 fully saturated rings. The fraction of sp³-hybridized carbons (Fsp3) is 1.00. The molecule has 0 heterocycles. The van der Waals surface area contributed by atoms with E-state index >= 15 is 0 Å². The maximum Gasteiger partial charge on any atom is 0.00271 e. The molecule has 2 N–H and O–H groups in total. The molecule has 0 amide bonds. The van der Waals surface area contributed by atoms with Crippen molar-refractivity contribution in [1.29, 1.82) is 0 Å². The first-order chi connectivity index (χ1) is 4.48. The summed E-state index contributed by atoms with van der Waals surface area (Å²) in [5.74, 6) is 0. The Labute approximate surface area is 64.4 Å². The zero-order chi connectivity index (χ0) is 8.20. The highest BCUT2D eigenvalue weighted by Gasteiger charge is 2.16. The lowest BCUT2D eigenvalue weighted by atomic mass is 9.89. The smallest absolute Gasteiger partial charge is 0.00271 e. The van der Waals surface area contributed by atoms with Crippen molar-refractivity contribution in [3.63, 3.8) is 0 Å². The first kappa shape index (κ1) is 9.92. The molecular formula is C8H20N2. The van der Waals surface area contributed by atoms with E-state index in [0.29, 0.717) is 5.41 Å². The maximum absolute atomic E-state index is 5.47. The van der Waals surface area contributed by atoms with Crippen molar-refractivity contribution in [2.24, 2.45) is 11.1 Å². The Kier molecular flexibility index (Phi) is 3.91. The van der Waals surface area contributed by atoms with Crippen molar-refractivity contribution in [2.75, 3.05) is 27.2 Å². The molecule has 0 saturated carbocycles. The quantitative estimate of drug-likeness (QED) is 0.636. The van der Waals surface area contributed by atoms with Crippen LogP contribution in [0.4, 0.5) is 0 Å². The van der Waals surface area contributed by atoms with E-state index in [4.69, 9.17) is 5.73 Å². The highest BCUT2D eigenvalue weighted by Crippen LogP contribution is 2.19. The van der Waals surface area contributed by atoms with E-state index in [1.165, 1.54) is 0 Å². The summed E-state index contributed by atoms with van der Waals surface area (Å²) >= 11 is 0. The van der Waals surface area contributed by atoms with Crippen molar-refractivity contribution >= 4 is 0 Å². The third kappa shape index (κ3) is 4.77. The highest BCUT2D eigenvalue weighted by molar-refractivity contribution is 4.71. The topological polar surface area (TPSA) is 29.3 Å². The van der Waals surface area contributed by atoms with Gasteiger partial charge in [-0.05, 0) is 32.5 Å². The van der Waals surface area contributed by atoms with Gasteiger partial charge in [-0.25, -0.2) is 0 Å². The third-order valence-corrected chi connectivity index (χ3v) is 1.57. The van der Waals surface area contributed by atoms with Gasteiger partial charge in [0, 0.05) is 6.54 Å². The predicted molar refractivity (Wildman–Crippen MR) is 46.0 cm³/mol. The lowest BCUT2D eigenvalue weighted by molar-refractivity contribution is 0.229. The van der Waals surface area contributed by atoms with Crippen LogP contribution < -0.4 is 5.73 Å². The van der Waals surface area contributed by atoms with Crippen LogP contribution in [0.25, 0.3) is 0 Å². The molecule has 2 nitrogen and oxygen atoms in total. The second-order valence-electron chi connectivity index (χ2n) is 3.94. The molecule has 0 aromatic carbocycles. The van der Waals surface area contributed by atoms with Gasteiger partial charge in [0.2, 0.25) is 0 Å². The minimum atomic E-state index is 0.373. The SMILES string of the molecule is CN(C)CC(C)(C)CCN. The second kappa shape index (κ2) is 3.94. The van der Waals surface area contributed by atoms with Gasteiger partial charge in [0.25, 0.3) is 0 Å². The summed E-state index contributed by atoms with van der Waals surface area (Å²) in [7, 11) is 4.19. The van der Waals surface area contributed by atoms with Gasteiger partial charge in [0.15, 0.2) is 0 Å². The molecule has 0 rings (SSSR count). The largest absolute Gasteiger partial charge is 0.330 e. The molecule has 10 heavy (non-hydrogen) atoms. The van der Waals surface area contributed by atoms with Gasteiger partial charge in [-0.15, -0.1) is 0 Å². The van der Waals surface area contributed by atoms with Gasteiger partial charge in [-0.2, -0.15) is 0 Å². The van der Waals surface area contributed by atoms with Crippen LogP contribution in [0.3, 0.4) is 0 Å². The van der Waals surface area contributed by atoms with Crippen LogP contribution in [0.2, 0.25) is 0 Å². The second-order valence-corrected chi connectivity index (χ2v) is 3.94. The molecule has 0 radical (unpaired) electrons. The van der Waals surface area contributed by atoms with Gasteiger partial charge < -0.3 is 10.6 Å². The Morgan fingerprint density at radius 1 is 1.30 bits per heavy atom. The van der Waals surface area contributed by atoms with Gasteiger partial charge in [0.1, 0.15) is 0 Å². The number of nitrogens with two attached hydrogens (primary N) is 1. The molecule has 0 aromatic heterocycles. The molecule has 0 bridgehead atoms. The zero-order valence-electron chi connectivity index (χ0n) is 7.65.